The van der Waals surface area contributed by atoms with Crippen molar-refractivity contribution < 1.29 is 13.2 Å². The molecule has 1 aliphatic rings. The molecule has 1 atom stereocenters. The normalized spacial score (nSPS) is 18.2. The predicted molar refractivity (Wildman–Crippen MR) is 89.8 cm³/mol. The van der Waals surface area contributed by atoms with Crippen LogP contribution in [0, 0.1) is 0 Å². The van der Waals surface area contributed by atoms with E-state index < -0.39 is 11.7 Å². The van der Waals surface area contributed by atoms with Crippen LogP contribution in [0.2, 0.25) is 0 Å². The maximum atomic E-state index is 12.6. The van der Waals surface area contributed by atoms with Gasteiger partial charge in [0, 0.05) is 18.3 Å². The van der Waals surface area contributed by atoms with E-state index in [0.29, 0.717) is 11.7 Å². The van der Waals surface area contributed by atoms with Crippen molar-refractivity contribution in [1.82, 2.24) is 15.2 Å². The number of anilines is 3. The number of nitrogens with zero attached hydrogens (tertiary/aromatic N) is 4. The summed E-state index contributed by atoms with van der Waals surface area (Å²) in [6.45, 7) is 3.08. The van der Waals surface area contributed by atoms with Gasteiger partial charge in [-0.05, 0) is 49.9 Å². The number of piperidine rings is 1. The van der Waals surface area contributed by atoms with E-state index >= 15 is 0 Å². The Morgan fingerprint density at radius 1 is 1.20 bits per heavy atom. The molecule has 1 aromatic heterocycles. The van der Waals surface area contributed by atoms with Crippen molar-refractivity contribution in [1.29, 1.82) is 0 Å². The molecule has 1 aliphatic heterocycles. The van der Waals surface area contributed by atoms with Crippen molar-refractivity contribution >= 4 is 17.5 Å². The van der Waals surface area contributed by atoms with Crippen LogP contribution in [0.25, 0.3) is 0 Å². The van der Waals surface area contributed by atoms with Gasteiger partial charge in [0.2, 0.25) is 5.95 Å². The summed E-state index contributed by atoms with van der Waals surface area (Å²) in [6, 6.07) is 5.20. The van der Waals surface area contributed by atoms with Gasteiger partial charge in [-0.2, -0.15) is 23.3 Å². The van der Waals surface area contributed by atoms with Crippen LogP contribution in [-0.2, 0) is 6.18 Å². The molecular formula is C17H20F3N5. The number of halogens is 3. The number of nitrogens with one attached hydrogen (secondary N) is 1. The highest BCUT2D eigenvalue weighted by Crippen LogP contribution is 2.30. The largest absolute Gasteiger partial charge is 0.416 e. The molecule has 0 aliphatic carbocycles. The van der Waals surface area contributed by atoms with E-state index in [1.54, 1.807) is 6.20 Å². The van der Waals surface area contributed by atoms with Gasteiger partial charge >= 0.3 is 6.18 Å². The molecule has 0 amide bonds. The minimum Gasteiger partial charge on any atom is -0.352 e. The monoisotopic (exact) mass is 351 g/mol. The Morgan fingerprint density at radius 2 is 1.96 bits per heavy atom. The summed E-state index contributed by atoms with van der Waals surface area (Å²) in [6.07, 6.45) is 1.77. The Labute approximate surface area is 144 Å². The lowest BCUT2D eigenvalue weighted by Gasteiger charge is -2.35. The molecule has 134 valence electrons. The smallest absolute Gasteiger partial charge is 0.352 e. The SMILES string of the molecule is CCC1CCCCN1c1cnnc(Nc2ccc(C(F)(F)F)cc2)n1. The van der Waals surface area contributed by atoms with Crippen molar-refractivity contribution in [2.75, 3.05) is 16.8 Å². The van der Waals surface area contributed by atoms with Gasteiger partial charge in [-0.3, -0.25) is 0 Å². The Balaban J connectivity index is 1.75. The molecule has 0 bridgehead atoms. The third-order valence-corrected chi connectivity index (χ3v) is 4.41. The molecule has 1 N–H and O–H groups in total. The van der Waals surface area contributed by atoms with Crippen LogP contribution < -0.4 is 10.2 Å². The van der Waals surface area contributed by atoms with Gasteiger partial charge < -0.3 is 10.2 Å². The van der Waals surface area contributed by atoms with Crippen LogP contribution >= 0.6 is 0 Å². The van der Waals surface area contributed by atoms with Gasteiger partial charge in [-0.15, -0.1) is 5.10 Å². The van der Waals surface area contributed by atoms with Crippen LogP contribution in [0.5, 0.6) is 0 Å². The molecule has 1 unspecified atom stereocenters. The average Bonchev–Trinajstić information content (AvgIpc) is 2.61. The van der Waals surface area contributed by atoms with Gasteiger partial charge in [0.1, 0.15) is 0 Å². The van der Waals surface area contributed by atoms with E-state index in [9.17, 15) is 13.2 Å². The number of benzene rings is 1. The second-order valence-corrected chi connectivity index (χ2v) is 6.09. The van der Waals surface area contributed by atoms with E-state index in [0.717, 1.165) is 43.8 Å². The van der Waals surface area contributed by atoms with E-state index in [1.807, 2.05) is 0 Å². The summed E-state index contributed by atoms with van der Waals surface area (Å²) < 4.78 is 37.8. The lowest BCUT2D eigenvalue weighted by atomic mass is 10.0. The summed E-state index contributed by atoms with van der Waals surface area (Å²) in [5.41, 5.74) is -0.206. The number of rotatable bonds is 4. The summed E-state index contributed by atoms with van der Waals surface area (Å²) in [5, 5.41) is 10.8. The van der Waals surface area contributed by atoms with Crippen molar-refractivity contribution in [3.05, 3.63) is 36.0 Å². The lowest BCUT2D eigenvalue weighted by molar-refractivity contribution is -0.137. The highest BCUT2D eigenvalue weighted by molar-refractivity contribution is 5.55. The van der Waals surface area contributed by atoms with Crippen LogP contribution in [0.15, 0.2) is 30.5 Å². The van der Waals surface area contributed by atoms with E-state index in [4.69, 9.17) is 0 Å². The van der Waals surface area contributed by atoms with Crippen LogP contribution in [-0.4, -0.2) is 27.8 Å². The molecular weight excluding hydrogens is 331 g/mol. The first kappa shape index (κ1) is 17.4. The molecule has 0 saturated carbocycles. The third kappa shape index (κ3) is 4.18. The summed E-state index contributed by atoms with van der Waals surface area (Å²) in [5.74, 6) is 1.02. The molecule has 1 fully saturated rings. The van der Waals surface area contributed by atoms with E-state index in [1.165, 1.54) is 18.6 Å². The molecule has 1 saturated heterocycles. The maximum Gasteiger partial charge on any atom is 0.416 e. The minimum absolute atomic E-state index is 0.276. The zero-order chi connectivity index (χ0) is 17.9. The van der Waals surface area contributed by atoms with Crippen LogP contribution in [0.4, 0.5) is 30.6 Å². The molecule has 0 radical (unpaired) electrons. The first-order valence-electron chi connectivity index (χ1n) is 8.38. The van der Waals surface area contributed by atoms with Crippen molar-refractivity contribution in [2.24, 2.45) is 0 Å². The average molecular weight is 351 g/mol. The first-order valence-corrected chi connectivity index (χ1v) is 8.38. The minimum atomic E-state index is -4.35. The molecule has 1 aromatic carbocycles. The van der Waals surface area contributed by atoms with Gasteiger partial charge in [-0.1, -0.05) is 6.92 Å². The Kier molecular flexibility index (Phi) is 5.06. The molecule has 8 heteroatoms. The number of hydrogen-bond acceptors (Lipinski definition) is 5. The van der Waals surface area contributed by atoms with Gasteiger partial charge in [0.05, 0.1) is 11.8 Å². The number of aromatic nitrogens is 3. The third-order valence-electron chi connectivity index (χ3n) is 4.41. The number of alkyl halides is 3. The highest BCUT2D eigenvalue weighted by atomic mass is 19.4. The predicted octanol–water partition coefficient (Wildman–Crippen LogP) is 4.40. The fourth-order valence-electron chi connectivity index (χ4n) is 3.08. The fraction of sp³-hybridized carbons (Fsp3) is 0.471. The topological polar surface area (TPSA) is 53.9 Å². The Morgan fingerprint density at radius 3 is 2.64 bits per heavy atom. The standard InChI is InChI=1S/C17H20F3N5/c1-2-14-5-3-4-10-25(14)15-11-21-24-16(23-15)22-13-8-6-12(7-9-13)17(18,19)20/h6-9,11,14H,2-5,10H2,1H3,(H,22,23,24). The molecule has 2 aromatic rings. The van der Waals surface area contributed by atoms with E-state index in [2.05, 4.69) is 32.3 Å². The zero-order valence-electron chi connectivity index (χ0n) is 13.9. The molecule has 25 heavy (non-hydrogen) atoms. The van der Waals surface area contributed by atoms with Gasteiger partial charge in [-0.25, -0.2) is 0 Å². The van der Waals surface area contributed by atoms with Crippen LogP contribution in [0.3, 0.4) is 0 Å². The molecule has 0 spiro atoms. The second kappa shape index (κ2) is 7.25. The van der Waals surface area contributed by atoms with Gasteiger partial charge in [0.25, 0.3) is 0 Å². The highest BCUT2D eigenvalue weighted by Gasteiger charge is 2.30. The maximum absolute atomic E-state index is 12.6. The summed E-state index contributed by atoms with van der Waals surface area (Å²) in [4.78, 5) is 6.71. The van der Waals surface area contributed by atoms with Crippen molar-refractivity contribution in [3.63, 3.8) is 0 Å². The molecule has 2 heterocycles. The van der Waals surface area contributed by atoms with Gasteiger partial charge in [0.15, 0.2) is 5.82 Å². The van der Waals surface area contributed by atoms with Crippen molar-refractivity contribution in [3.8, 4) is 0 Å². The Hall–Kier alpha value is -2.38. The molecule has 5 nitrogen and oxygen atoms in total. The summed E-state index contributed by atoms with van der Waals surface area (Å²) >= 11 is 0. The first-order chi connectivity index (χ1) is 12.0. The zero-order valence-corrected chi connectivity index (χ0v) is 13.9. The Bertz CT molecular complexity index is 702. The van der Waals surface area contributed by atoms with Crippen LogP contribution in [0.1, 0.15) is 38.2 Å². The quantitative estimate of drug-likeness (QED) is 0.885. The lowest BCUT2D eigenvalue weighted by Crippen LogP contribution is -2.39. The van der Waals surface area contributed by atoms with E-state index in [-0.39, 0.29) is 5.95 Å². The van der Waals surface area contributed by atoms with Crippen molar-refractivity contribution in [2.45, 2.75) is 44.8 Å². The summed E-state index contributed by atoms with van der Waals surface area (Å²) in [7, 11) is 0. The molecule has 3 rings (SSSR count). The second-order valence-electron chi connectivity index (χ2n) is 6.09. The number of hydrogen-bond donors (Lipinski definition) is 1. The fourth-order valence-corrected chi connectivity index (χ4v) is 3.08.